The molecule has 0 aromatic carbocycles. The van der Waals surface area contributed by atoms with Crippen LogP contribution in [-0.4, -0.2) is 23.1 Å². The van der Waals surface area contributed by atoms with Crippen molar-refractivity contribution in [1.82, 2.24) is 0 Å². The van der Waals surface area contributed by atoms with Crippen LogP contribution in [0.25, 0.3) is 0 Å². The first kappa shape index (κ1) is 20.0. The molecule has 1 fully saturated rings. The van der Waals surface area contributed by atoms with Gasteiger partial charge in [-0.05, 0) is 25.7 Å². The highest BCUT2D eigenvalue weighted by Gasteiger charge is 2.31. The van der Waals surface area contributed by atoms with Crippen molar-refractivity contribution in [2.24, 2.45) is 11.8 Å². The van der Waals surface area contributed by atoms with Gasteiger partial charge in [0.05, 0.1) is 6.10 Å². The fourth-order valence-electron chi connectivity index (χ4n) is 3.30. The van der Waals surface area contributed by atoms with Crippen LogP contribution >= 0.6 is 0 Å². The number of hydrogen-bond donors (Lipinski definition) is 1. The fourth-order valence-corrected chi connectivity index (χ4v) is 3.30. The van der Waals surface area contributed by atoms with E-state index in [-0.39, 0.29) is 6.10 Å². The molecule has 1 rings (SSSR count). The van der Waals surface area contributed by atoms with Crippen molar-refractivity contribution in [2.75, 3.05) is 0 Å². The molecule has 4 heteroatoms. The number of ether oxygens (including phenoxy) is 1. The molecule has 23 heavy (non-hydrogen) atoms. The minimum Gasteiger partial charge on any atom is -0.481 e. The Bertz CT molecular complexity index is 341. The molecule has 1 N–H and O–H groups in total. The Labute approximate surface area is 141 Å². The van der Waals surface area contributed by atoms with Gasteiger partial charge in [0.15, 0.2) is 5.92 Å². The van der Waals surface area contributed by atoms with Gasteiger partial charge in [-0.2, -0.15) is 0 Å². The third-order valence-electron chi connectivity index (χ3n) is 5.02. The monoisotopic (exact) mass is 326 g/mol. The van der Waals surface area contributed by atoms with Crippen molar-refractivity contribution in [3.05, 3.63) is 0 Å². The number of carbonyl (C=O) groups is 2. The van der Waals surface area contributed by atoms with Crippen molar-refractivity contribution in [3.63, 3.8) is 0 Å². The number of hydrogen-bond acceptors (Lipinski definition) is 3. The van der Waals surface area contributed by atoms with Crippen LogP contribution in [0.1, 0.15) is 90.9 Å². The second-order valence-corrected chi connectivity index (χ2v) is 7.05. The van der Waals surface area contributed by atoms with Gasteiger partial charge in [0, 0.05) is 0 Å². The normalized spacial score (nSPS) is 21.0. The molecule has 0 spiro atoms. The summed E-state index contributed by atoms with van der Waals surface area (Å²) in [6.45, 7) is 3.74. The van der Waals surface area contributed by atoms with Crippen molar-refractivity contribution >= 4 is 11.9 Å². The maximum Gasteiger partial charge on any atom is 0.320 e. The zero-order chi connectivity index (χ0) is 17.1. The van der Waals surface area contributed by atoms with E-state index in [1.807, 2.05) is 13.8 Å². The standard InChI is InChI=1S/C19H34O4/c1-3-15(2)23-19(22)17(18(20)21)14-16-12-10-8-6-4-5-7-9-11-13-16/h15-17H,3-14H2,1-2H3,(H,20,21). The predicted molar refractivity (Wildman–Crippen MR) is 91.2 cm³/mol. The van der Waals surface area contributed by atoms with Gasteiger partial charge in [-0.3, -0.25) is 9.59 Å². The minimum absolute atomic E-state index is 0.211. The van der Waals surface area contributed by atoms with Crippen molar-refractivity contribution in [2.45, 2.75) is 97.0 Å². The second-order valence-electron chi connectivity index (χ2n) is 7.05. The van der Waals surface area contributed by atoms with Crippen molar-refractivity contribution in [1.29, 1.82) is 0 Å². The third kappa shape index (κ3) is 8.38. The molecule has 0 aromatic rings. The molecular weight excluding hydrogens is 292 g/mol. The van der Waals surface area contributed by atoms with E-state index in [4.69, 9.17) is 4.74 Å². The summed E-state index contributed by atoms with van der Waals surface area (Å²) in [5.41, 5.74) is 0. The molecule has 0 heterocycles. The van der Waals surface area contributed by atoms with Gasteiger partial charge in [0.1, 0.15) is 0 Å². The summed E-state index contributed by atoms with van der Waals surface area (Å²) in [5, 5.41) is 9.43. The molecule has 1 aliphatic carbocycles. The Balaban J connectivity index is 2.59. The number of carbonyl (C=O) groups excluding carboxylic acids is 1. The van der Waals surface area contributed by atoms with Gasteiger partial charge in [-0.1, -0.05) is 71.1 Å². The van der Waals surface area contributed by atoms with E-state index in [1.165, 1.54) is 38.5 Å². The molecule has 0 saturated heterocycles. The highest BCUT2D eigenvalue weighted by atomic mass is 16.5. The van der Waals surface area contributed by atoms with Crippen LogP contribution in [0, 0.1) is 11.8 Å². The molecule has 0 bridgehead atoms. The Morgan fingerprint density at radius 2 is 1.48 bits per heavy atom. The van der Waals surface area contributed by atoms with Gasteiger partial charge < -0.3 is 9.84 Å². The largest absolute Gasteiger partial charge is 0.481 e. The van der Waals surface area contributed by atoms with Gasteiger partial charge in [-0.25, -0.2) is 0 Å². The van der Waals surface area contributed by atoms with E-state index in [0.717, 1.165) is 25.7 Å². The van der Waals surface area contributed by atoms with Crippen molar-refractivity contribution < 1.29 is 19.4 Å². The zero-order valence-corrected chi connectivity index (χ0v) is 14.9. The molecule has 1 saturated carbocycles. The molecule has 0 amide bonds. The first-order valence-corrected chi connectivity index (χ1v) is 9.47. The maximum atomic E-state index is 12.2. The van der Waals surface area contributed by atoms with Crippen LogP contribution in [0.4, 0.5) is 0 Å². The van der Waals surface area contributed by atoms with Gasteiger partial charge in [0.25, 0.3) is 0 Å². The van der Waals surface area contributed by atoms with Crippen molar-refractivity contribution in [3.8, 4) is 0 Å². The molecule has 4 nitrogen and oxygen atoms in total. The number of aliphatic carboxylic acids is 1. The van der Waals surface area contributed by atoms with E-state index in [1.54, 1.807) is 0 Å². The number of esters is 1. The molecule has 134 valence electrons. The summed E-state index contributed by atoms with van der Waals surface area (Å²) in [6, 6.07) is 0. The average molecular weight is 326 g/mol. The topological polar surface area (TPSA) is 63.6 Å². The summed E-state index contributed by atoms with van der Waals surface area (Å²) in [6.07, 6.45) is 13.0. The van der Waals surface area contributed by atoms with Crippen LogP contribution in [0.15, 0.2) is 0 Å². The first-order valence-electron chi connectivity index (χ1n) is 9.47. The van der Waals surface area contributed by atoms with Gasteiger partial charge in [0.2, 0.25) is 0 Å². The third-order valence-corrected chi connectivity index (χ3v) is 5.02. The lowest BCUT2D eigenvalue weighted by atomic mass is 9.86. The van der Waals surface area contributed by atoms with E-state index in [9.17, 15) is 14.7 Å². The number of rotatable bonds is 6. The number of carboxylic acids is 1. The Hall–Kier alpha value is -1.06. The number of carboxylic acid groups (broad SMARTS) is 1. The molecule has 0 aliphatic heterocycles. The highest BCUT2D eigenvalue weighted by molar-refractivity contribution is 5.93. The van der Waals surface area contributed by atoms with E-state index < -0.39 is 17.9 Å². The van der Waals surface area contributed by atoms with Crippen LogP contribution in [0.2, 0.25) is 0 Å². The maximum absolute atomic E-state index is 12.2. The average Bonchev–Trinajstić information content (AvgIpc) is 2.57. The van der Waals surface area contributed by atoms with Crippen LogP contribution < -0.4 is 0 Å². The van der Waals surface area contributed by atoms with E-state index >= 15 is 0 Å². The quantitative estimate of drug-likeness (QED) is 0.554. The highest BCUT2D eigenvalue weighted by Crippen LogP contribution is 2.27. The summed E-state index contributed by atoms with van der Waals surface area (Å²) in [5.74, 6) is -2.26. The lowest BCUT2D eigenvalue weighted by molar-refractivity contribution is -0.162. The zero-order valence-electron chi connectivity index (χ0n) is 14.9. The summed E-state index contributed by atoms with van der Waals surface area (Å²) < 4.78 is 5.27. The summed E-state index contributed by atoms with van der Waals surface area (Å²) >= 11 is 0. The van der Waals surface area contributed by atoms with Crippen LogP contribution in [0.3, 0.4) is 0 Å². The summed E-state index contributed by atoms with van der Waals surface area (Å²) in [4.78, 5) is 23.7. The second kappa shape index (κ2) is 11.5. The Morgan fingerprint density at radius 1 is 1.00 bits per heavy atom. The van der Waals surface area contributed by atoms with E-state index in [2.05, 4.69) is 0 Å². The molecule has 1 aliphatic rings. The Kier molecular flexibility index (Phi) is 9.97. The Morgan fingerprint density at radius 3 is 1.91 bits per heavy atom. The smallest absolute Gasteiger partial charge is 0.320 e. The van der Waals surface area contributed by atoms with Gasteiger partial charge >= 0.3 is 11.9 Å². The molecule has 0 aromatic heterocycles. The molecule has 0 radical (unpaired) electrons. The van der Waals surface area contributed by atoms with Gasteiger partial charge in [-0.15, -0.1) is 0 Å². The SMILES string of the molecule is CCC(C)OC(=O)C(CC1CCCCCCCCCC1)C(=O)O. The first-order chi connectivity index (χ1) is 11.0. The predicted octanol–water partition coefficient (Wildman–Crippen LogP) is 4.95. The fraction of sp³-hybridized carbons (Fsp3) is 0.895. The lowest BCUT2D eigenvalue weighted by Crippen LogP contribution is -2.30. The minimum atomic E-state index is -1.03. The van der Waals surface area contributed by atoms with E-state index in [0.29, 0.717) is 18.8 Å². The molecule has 2 unspecified atom stereocenters. The summed E-state index contributed by atoms with van der Waals surface area (Å²) in [7, 11) is 0. The molecule has 2 atom stereocenters. The molecular formula is C19H34O4. The van der Waals surface area contributed by atoms with Crippen LogP contribution in [0.5, 0.6) is 0 Å². The lowest BCUT2D eigenvalue weighted by Gasteiger charge is -2.21. The van der Waals surface area contributed by atoms with Crippen LogP contribution in [-0.2, 0) is 14.3 Å².